The van der Waals surface area contributed by atoms with E-state index in [1.54, 1.807) is 24.3 Å². The highest BCUT2D eigenvalue weighted by Crippen LogP contribution is 2.46. The molecular formula is C19H24BrN4O7P. The molecule has 3 N–H and O–H groups in total. The van der Waals surface area contributed by atoms with Gasteiger partial charge in [0.1, 0.15) is 23.8 Å². The standard InChI is InChI=1S/C19H24BrN4O7P/c1-12(18(25)28-2)23-32(27,31-14-5-3-13(20)4-6-14)29-11-15-7-8-17(30-15)24-10-9-16(21)22-19(24)26/h3-6,9-10,12,15,17H,7-8,11H2,1-2H3,(H,23,27)(H2,21,22,26)/t12?,15-,17+,32?/m0/s1. The Morgan fingerprint density at radius 1 is 1.38 bits per heavy atom. The number of aromatic nitrogens is 2. The highest BCUT2D eigenvalue weighted by molar-refractivity contribution is 9.10. The minimum absolute atomic E-state index is 0.0949. The first kappa shape index (κ1) is 24.4. The number of anilines is 1. The SMILES string of the molecule is COC(=O)C(C)NP(=O)(OC[C@@H]1CC[C@H](n2ccc(N)nc2=O)O1)Oc1ccc(Br)cc1. The molecule has 0 amide bonds. The smallest absolute Gasteiger partial charge is 0.459 e. The first-order valence-electron chi connectivity index (χ1n) is 9.74. The van der Waals surface area contributed by atoms with Gasteiger partial charge in [-0.3, -0.25) is 13.9 Å². The molecule has 1 fully saturated rings. The van der Waals surface area contributed by atoms with Crippen LogP contribution in [0.2, 0.25) is 0 Å². The van der Waals surface area contributed by atoms with Crippen LogP contribution in [0.3, 0.4) is 0 Å². The van der Waals surface area contributed by atoms with E-state index in [1.807, 2.05) is 0 Å². The minimum Gasteiger partial charge on any atom is -0.468 e. The number of methoxy groups -OCH3 is 1. The Bertz CT molecular complexity index is 1050. The molecule has 2 unspecified atom stereocenters. The number of ether oxygens (including phenoxy) is 2. The zero-order valence-electron chi connectivity index (χ0n) is 17.5. The summed E-state index contributed by atoms with van der Waals surface area (Å²) in [6, 6.07) is 7.20. The van der Waals surface area contributed by atoms with E-state index < -0.39 is 37.8 Å². The van der Waals surface area contributed by atoms with Crippen molar-refractivity contribution in [3.63, 3.8) is 0 Å². The van der Waals surface area contributed by atoms with Crippen molar-refractivity contribution in [3.05, 3.63) is 51.5 Å². The normalized spacial score (nSPS) is 21.0. The van der Waals surface area contributed by atoms with Gasteiger partial charge in [-0.2, -0.15) is 10.1 Å². The Morgan fingerprint density at radius 3 is 2.75 bits per heavy atom. The van der Waals surface area contributed by atoms with Gasteiger partial charge in [0, 0.05) is 10.7 Å². The number of hydrogen-bond donors (Lipinski definition) is 2. The minimum atomic E-state index is -3.98. The van der Waals surface area contributed by atoms with Gasteiger partial charge >= 0.3 is 19.4 Å². The second kappa shape index (κ2) is 10.6. The molecule has 11 nitrogen and oxygen atoms in total. The van der Waals surface area contributed by atoms with E-state index >= 15 is 0 Å². The molecule has 3 rings (SSSR count). The van der Waals surface area contributed by atoms with E-state index in [4.69, 9.17) is 19.5 Å². The third-order valence-corrected chi connectivity index (χ3v) is 6.80. The van der Waals surface area contributed by atoms with Gasteiger partial charge in [-0.25, -0.2) is 9.36 Å². The van der Waals surface area contributed by atoms with Crippen molar-refractivity contribution in [1.82, 2.24) is 14.6 Å². The molecule has 1 saturated heterocycles. The number of esters is 1. The molecule has 4 atom stereocenters. The maximum atomic E-state index is 13.4. The van der Waals surface area contributed by atoms with Gasteiger partial charge in [0.15, 0.2) is 0 Å². The predicted octanol–water partition coefficient (Wildman–Crippen LogP) is 2.62. The summed E-state index contributed by atoms with van der Waals surface area (Å²) < 4.78 is 37.3. The molecule has 0 saturated carbocycles. The zero-order valence-corrected chi connectivity index (χ0v) is 20.0. The van der Waals surface area contributed by atoms with E-state index in [0.29, 0.717) is 12.8 Å². The molecule has 13 heteroatoms. The summed E-state index contributed by atoms with van der Waals surface area (Å²) in [5, 5.41) is 2.58. The lowest BCUT2D eigenvalue weighted by molar-refractivity contribution is -0.142. The Morgan fingerprint density at radius 2 is 2.09 bits per heavy atom. The summed E-state index contributed by atoms with van der Waals surface area (Å²) in [6.45, 7) is 1.39. The lowest BCUT2D eigenvalue weighted by Gasteiger charge is -2.24. The number of nitrogens with zero attached hydrogens (tertiary/aromatic N) is 2. The molecule has 174 valence electrons. The fourth-order valence-corrected chi connectivity index (χ4v) is 4.82. The van der Waals surface area contributed by atoms with Crippen LogP contribution in [0, 0.1) is 0 Å². The molecule has 1 aliphatic heterocycles. The van der Waals surface area contributed by atoms with Crippen LogP contribution >= 0.6 is 23.7 Å². The van der Waals surface area contributed by atoms with E-state index in [-0.39, 0.29) is 18.2 Å². The van der Waals surface area contributed by atoms with Crippen molar-refractivity contribution >= 4 is 35.5 Å². The molecule has 0 radical (unpaired) electrons. The Labute approximate surface area is 192 Å². The first-order chi connectivity index (χ1) is 15.2. The number of carbonyl (C=O) groups excluding carboxylic acids is 1. The van der Waals surface area contributed by atoms with Crippen molar-refractivity contribution in [2.75, 3.05) is 19.5 Å². The van der Waals surface area contributed by atoms with Crippen molar-refractivity contribution in [2.45, 2.75) is 38.1 Å². The molecule has 1 aliphatic rings. The molecule has 1 aromatic heterocycles. The Kier molecular flexibility index (Phi) is 8.07. The summed E-state index contributed by atoms with van der Waals surface area (Å²) in [6.07, 6.45) is 1.59. The monoisotopic (exact) mass is 530 g/mol. The summed E-state index contributed by atoms with van der Waals surface area (Å²) >= 11 is 3.32. The summed E-state index contributed by atoms with van der Waals surface area (Å²) in [7, 11) is -2.76. The topological polar surface area (TPSA) is 144 Å². The lowest BCUT2D eigenvalue weighted by Crippen LogP contribution is -2.35. The molecular weight excluding hydrogens is 507 g/mol. The zero-order chi connectivity index (χ0) is 23.3. The second-order valence-electron chi connectivity index (χ2n) is 7.04. The number of benzene rings is 1. The van der Waals surface area contributed by atoms with Crippen molar-refractivity contribution in [1.29, 1.82) is 0 Å². The molecule has 0 bridgehead atoms. The van der Waals surface area contributed by atoms with Gasteiger partial charge in [0.2, 0.25) is 0 Å². The number of halogens is 1. The fraction of sp³-hybridized carbons (Fsp3) is 0.421. The molecule has 32 heavy (non-hydrogen) atoms. The van der Waals surface area contributed by atoms with Crippen molar-refractivity contribution in [3.8, 4) is 5.75 Å². The molecule has 0 aliphatic carbocycles. The van der Waals surface area contributed by atoms with Crippen molar-refractivity contribution < 1.29 is 27.9 Å². The van der Waals surface area contributed by atoms with Crippen LogP contribution in [0.5, 0.6) is 5.75 Å². The van der Waals surface area contributed by atoms with Gasteiger partial charge in [0.05, 0.1) is 19.8 Å². The second-order valence-corrected chi connectivity index (χ2v) is 9.65. The molecule has 2 heterocycles. The number of nitrogen functional groups attached to an aromatic ring is 1. The average molecular weight is 531 g/mol. The number of nitrogens with one attached hydrogen (secondary N) is 1. The quantitative estimate of drug-likeness (QED) is 0.366. The van der Waals surface area contributed by atoms with Crippen molar-refractivity contribution in [2.24, 2.45) is 0 Å². The largest absolute Gasteiger partial charge is 0.468 e. The maximum Gasteiger partial charge on any atom is 0.459 e. The highest BCUT2D eigenvalue weighted by atomic mass is 79.9. The van der Waals surface area contributed by atoms with Crippen LogP contribution in [0.4, 0.5) is 5.82 Å². The number of rotatable bonds is 9. The Hall–Kier alpha value is -2.24. The van der Waals surface area contributed by atoms with E-state index in [0.717, 1.165) is 4.47 Å². The average Bonchev–Trinajstić information content (AvgIpc) is 3.22. The van der Waals surface area contributed by atoms with Crippen LogP contribution in [-0.2, 0) is 23.4 Å². The third-order valence-electron chi connectivity index (χ3n) is 4.62. The summed E-state index contributed by atoms with van der Waals surface area (Å²) in [5.41, 5.74) is 5.00. The Balaban J connectivity index is 1.67. The number of nitrogens with two attached hydrogens (primary N) is 1. The van der Waals surface area contributed by atoms with Crippen LogP contribution in [-0.4, -0.2) is 41.4 Å². The number of hydrogen-bond acceptors (Lipinski definition) is 9. The fourth-order valence-electron chi connectivity index (χ4n) is 3.03. The lowest BCUT2D eigenvalue weighted by atomic mass is 10.2. The van der Waals surface area contributed by atoms with Crippen LogP contribution in [0.15, 0.2) is 45.8 Å². The number of carbonyl (C=O) groups is 1. The van der Waals surface area contributed by atoms with Crippen LogP contribution in [0.25, 0.3) is 0 Å². The summed E-state index contributed by atoms with van der Waals surface area (Å²) in [4.78, 5) is 27.5. The van der Waals surface area contributed by atoms with E-state index in [9.17, 15) is 14.2 Å². The van der Waals surface area contributed by atoms with Gasteiger partial charge in [0.25, 0.3) is 0 Å². The molecule has 0 spiro atoms. The predicted molar refractivity (Wildman–Crippen MR) is 119 cm³/mol. The van der Waals surface area contributed by atoms with Gasteiger partial charge in [-0.15, -0.1) is 0 Å². The first-order valence-corrected chi connectivity index (χ1v) is 12.1. The molecule has 2 aromatic rings. The third kappa shape index (κ3) is 6.39. The maximum absolute atomic E-state index is 13.4. The van der Waals surface area contributed by atoms with E-state index in [1.165, 1.54) is 30.9 Å². The molecule has 1 aromatic carbocycles. The van der Waals surface area contributed by atoms with E-state index in [2.05, 4.69) is 30.7 Å². The van der Waals surface area contributed by atoms with Crippen LogP contribution < -0.4 is 21.0 Å². The highest BCUT2D eigenvalue weighted by Gasteiger charge is 2.35. The van der Waals surface area contributed by atoms with Gasteiger partial charge < -0.3 is 19.7 Å². The van der Waals surface area contributed by atoms with Gasteiger partial charge in [-0.1, -0.05) is 15.9 Å². The summed E-state index contributed by atoms with van der Waals surface area (Å²) in [5.74, 6) is -0.215. The van der Waals surface area contributed by atoms with Crippen LogP contribution in [0.1, 0.15) is 26.0 Å². The van der Waals surface area contributed by atoms with Gasteiger partial charge in [-0.05, 0) is 50.1 Å².